The number of carbonyl (C=O) groups excluding carboxylic acids is 3. The molecule has 134 valence electrons. The van der Waals surface area contributed by atoms with Gasteiger partial charge in [0.15, 0.2) is 11.5 Å². The highest BCUT2D eigenvalue weighted by atomic mass is 16.7. The van der Waals surface area contributed by atoms with Crippen LogP contribution >= 0.6 is 0 Å². The smallest absolute Gasteiger partial charge is 0.231 e. The number of amides is 3. The molecule has 25 heavy (non-hydrogen) atoms. The third kappa shape index (κ3) is 4.20. The summed E-state index contributed by atoms with van der Waals surface area (Å²) in [4.78, 5) is 36.8. The van der Waals surface area contributed by atoms with Crippen LogP contribution in [-0.4, -0.2) is 49.0 Å². The van der Waals surface area contributed by atoms with Crippen molar-refractivity contribution in [1.29, 1.82) is 0 Å². The van der Waals surface area contributed by atoms with Gasteiger partial charge in [-0.05, 0) is 17.7 Å². The molecule has 0 aromatic heterocycles. The van der Waals surface area contributed by atoms with Crippen LogP contribution in [0.25, 0.3) is 0 Å². The van der Waals surface area contributed by atoms with Crippen LogP contribution in [0.5, 0.6) is 11.5 Å². The van der Waals surface area contributed by atoms with Crippen LogP contribution in [0.4, 0.5) is 0 Å². The van der Waals surface area contributed by atoms with E-state index in [9.17, 15) is 14.4 Å². The zero-order valence-electron chi connectivity index (χ0n) is 14.0. The zero-order valence-corrected chi connectivity index (χ0v) is 14.0. The van der Waals surface area contributed by atoms with Crippen LogP contribution in [0.15, 0.2) is 18.2 Å². The van der Waals surface area contributed by atoms with Crippen LogP contribution in [-0.2, 0) is 20.9 Å². The first-order valence-corrected chi connectivity index (χ1v) is 8.21. The topological polar surface area (TPSA) is 97.0 Å². The minimum absolute atomic E-state index is 0.0420. The van der Waals surface area contributed by atoms with E-state index < -0.39 is 0 Å². The third-order valence-corrected chi connectivity index (χ3v) is 4.19. The van der Waals surface area contributed by atoms with Gasteiger partial charge >= 0.3 is 0 Å². The summed E-state index contributed by atoms with van der Waals surface area (Å²) in [6.45, 7) is 3.19. The Morgan fingerprint density at radius 1 is 1.20 bits per heavy atom. The lowest BCUT2D eigenvalue weighted by molar-refractivity contribution is -0.129. The number of fused-ring (bicyclic) bond motifs is 1. The first-order chi connectivity index (χ1) is 12.0. The van der Waals surface area contributed by atoms with E-state index in [2.05, 4.69) is 10.6 Å². The van der Waals surface area contributed by atoms with Gasteiger partial charge in [0.2, 0.25) is 24.5 Å². The molecule has 0 bridgehead atoms. The van der Waals surface area contributed by atoms with Gasteiger partial charge in [0, 0.05) is 39.5 Å². The third-order valence-electron chi connectivity index (χ3n) is 4.19. The standard InChI is InChI=1S/C17H21N3O5/c1-11(21)18-4-5-19-17(23)13-7-16(22)20(9-13)8-12-2-3-14-15(6-12)25-10-24-14/h2-3,6,13H,4-5,7-10H2,1H3,(H,18,21)(H,19,23). The molecule has 8 nitrogen and oxygen atoms in total. The number of nitrogens with one attached hydrogen (secondary N) is 2. The molecular formula is C17H21N3O5. The fourth-order valence-corrected chi connectivity index (χ4v) is 2.93. The second kappa shape index (κ2) is 7.42. The van der Waals surface area contributed by atoms with E-state index in [1.807, 2.05) is 18.2 Å². The number of benzene rings is 1. The van der Waals surface area contributed by atoms with Crippen LogP contribution < -0.4 is 20.1 Å². The van der Waals surface area contributed by atoms with Gasteiger partial charge in [-0.2, -0.15) is 0 Å². The lowest BCUT2D eigenvalue weighted by atomic mass is 10.1. The molecule has 2 aliphatic rings. The first kappa shape index (κ1) is 17.1. The monoisotopic (exact) mass is 347 g/mol. The first-order valence-electron chi connectivity index (χ1n) is 8.21. The second-order valence-corrected chi connectivity index (χ2v) is 6.14. The van der Waals surface area contributed by atoms with Crippen molar-refractivity contribution < 1.29 is 23.9 Å². The molecule has 0 radical (unpaired) electrons. The highest BCUT2D eigenvalue weighted by Gasteiger charge is 2.34. The maximum absolute atomic E-state index is 12.2. The molecule has 1 fully saturated rings. The van der Waals surface area contributed by atoms with Gasteiger partial charge in [-0.25, -0.2) is 0 Å². The Bertz CT molecular complexity index is 691. The summed E-state index contributed by atoms with van der Waals surface area (Å²) in [5.41, 5.74) is 0.935. The maximum Gasteiger partial charge on any atom is 0.231 e. The predicted octanol–water partition coefficient (Wildman–Crippen LogP) is 0.0161. The van der Waals surface area contributed by atoms with E-state index in [-0.39, 0.29) is 36.9 Å². The lowest BCUT2D eigenvalue weighted by Gasteiger charge is -2.17. The van der Waals surface area contributed by atoms with E-state index in [0.717, 1.165) is 5.56 Å². The number of nitrogens with zero attached hydrogens (tertiary/aromatic N) is 1. The Kier molecular flexibility index (Phi) is 5.06. The SMILES string of the molecule is CC(=O)NCCNC(=O)C1CC(=O)N(Cc2ccc3c(c2)OCO3)C1. The number of hydrogen-bond acceptors (Lipinski definition) is 5. The quantitative estimate of drug-likeness (QED) is 0.707. The summed E-state index contributed by atoms with van der Waals surface area (Å²) < 4.78 is 10.6. The Morgan fingerprint density at radius 3 is 2.76 bits per heavy atom. The largest absolute Gasteiger partial charge is 0.454 e. The van der Waals surface area contributed by atoms with Gasteiger partial charge < -0.3 is 25.0 Å². The Morgan fingerprint density at radius 2 is 1.96 bits per heavy atom. The average molecular weight is 347 g/mol. The average Bonchev–Trinajstić information content (AvgIpc) is 3.18. The molecule has 2 N–H and O–H groups in total. The van der Waals surface area contributed by atoms with Gasteiger partial charge in [-0.1, -0.05) is 6.07 Å². The van der Waals surface area contributed by atoms with Crippen molar-refractivity contribution >= 4 is 17.7 Å². The van der Waals surface area contributed by atoms with Crippen molar-refractivity contribution in [2.24, 2.45) is 5.92 Å². The molecule has 2 heterocycles. The fourth-order valence-electron chi connectivity index (χ4n) is 2.93. The molecule has 8 heteroatoms. The van der Waals surface area contributed by atoms with Crippen molar-refractivity contribution in [3.05, 3.63) is 23.8 Å². The van der Waals surface area contributed by atoms with Crippen molar-refractivity contribution in [2.75, 3.05) is 26.4 Å². The summed E-state index contributed by atoms with van der Waals surface area (Å²) in [6.07, 6.45) is 0.205. The van der Waals surface area contributed by atoms with Crippen molar-refractivity contribution in [3.8, 4) is 11.5 Å². The van der Waals surface area contributed by atoms with Gasteiger partial charge in [-0.3, -0.25) is 14.4 Å². The van der Waals surface area contributed by atoms with E-state index in [0.29, 0.717) is 37.7 Å². The van der Waals surface area contributed by atoms with Crippen LogP contribution in [0.3, 0.4) is 0 Å². The van der Waals surface area contributed by atoms with Gasteiger partial charge in [0.25, 0.3) is 0 Å². The Hall–Kier alpha value is -2.77. The number of rotatable bonds is 6. The number of likely N-dealkylation sites (tertiary alicyclic amines) is 1. The van der Waals surface area contributed by atoms with Crippen LogP contribution in [0.2, 0.25) is 0 Å². The fraction of sp³-hybridized carbons (Fsp3) is 0.471. The summed E-state index contributed by atoms with van der Waals surface area (Å²) in [5, 5.41) is 5.36. The highest BCUT2D eigenvalue weighted by molar-refractivity contribution is 5.89. The zero-order chi connectivity index (χ0) is 17.8. The van der Waals surface area contributed by atoms with Crippen LogP contribution in [0.1, 0.15) is 18.9 Å². The molecule has 1 saturated heterocycles. The summed E-state index contributed by atoms with van der Waals surface area (Å²) >= 11 is 0. The molecule has 0 aliphatic carbocycles. The van der Waals surface area contributed by atoms with Crippen molar-refractivity contribution in [1.82, 2.24) is 15.5 Å². The maximum atomic E-state index is 12.2. The lowest BCUT2D eigenvalue weighted by Crippen LogP contribution is -2.37. The van der Waals surface area contributed by atoms with E-state index in [4.69, 9.17) is 9.47 Å². The number of hydrogen-bond donors (Lipinski definition) is 2. The highest BCUT2D eigenvalue weighted by Crippen LogP contribution is 2.33. The minimum Gasteiger partial charge on any atom is -0.454 e. The molecule has 3 amide bonds. The molecule has 2 aliphatic heterocycles. The normalized spacial score (nSPS) is 18.4. The molecular weight excluding hydrogens is 326 g/mol. The van der Waals surface area contributed by atoms with Gasteiger partial charge in [0.1, 0.15) is 0 Å². The second-order valence-electron chi connectivity index (χ2n) is 6.14. The van der Waals surface area contributed by atoms with Gasteiger partial charge in [0.05, 0.1) is 5.92 Å². The van der Waals surface area contributed by atoms with Crippen molar-refractivity contribution in [2.45, 2.75) is 19.9 Å². The molecule has 1 atom stereocenters. The molecule has 1 unspecified atom stereocenters. The van der Waals surface area contributed by atoms with E-state index in [1.165, 1.54) is 6.92 Å². The van der Waals surface area contributed by atoms with Crippen LogP contribution in [0, 0.1) is 5.92 Å². The van der Waals surface area contributed by atoms with E-state index >= 15 is 0 Å². The minimum atomic E-state index is -0.362. The van der Waals surface area contributed by atoms with E-state index in [1.54, 1.807) is 4.90 Å². The molecule has 0 spiro atoms. The summed E-state index contributed by atoms with van der Waals surface area (Å²) in [7, 11) is 0. The number of ether oxygens (including phenoxy) is 2. The predicted molar refractivity (Wildman–Crippen MR) is 87.8 cm³/mol. The Labute approximate surface area is 145 Å². The summed E-state index contributed by atoms with van der Waals surface area (Å²) in [6, 6.07) is 5.57. The van der Waals surface area contributed by atoms with Gasteiger partial charge in [-0.15, -0.1) is 0 Å². The molecule has 1 aromatic rings. The number of carbonyl (C=O) groups is 3. The molecule has 0 saturated carbocycles. The Balaban J connectivity index is 1.50. The molecule has 1 aromatic carbocycles. The molecule has 3 rings (SSSR count). The van der Waals surface area contributed by atoms with Crippen molar-refractivity contribution in [3.63, 3.8) is 0 Å². The summed E-state index contributed by atoms with van der Waals surface area (Å²) in [5.74, 6) is 0.676.